The van der Waals surface area contributed by atoms with Crippen LogP contribution in [0, 0.1) is 0 Å². The molecule has 4 rings (SSSR count). The molecular weight excluding hydrogens is 485 g/mol. The number of aromatic hydroxyl groups is 2. The highest BCUT2D eigenvalue weighted by atomic mass is 35.5. The molecule has 14 nitrogen and oxygen atoms in total. The molecule has 2 aromatic heterocycles. The van der Waals surface area contributed by atoms with Gasteiger partial charge in [-0.3, -0.25) is 9.09 Å². The maximum Gasteiger partial charge on any atom is 0.469 e. The van der Waals surface area contributed by atoms with Crippen LogP contribution in [0.1, 0.15) is 11.8 Å². The van der Waals surface area contributed by atoms with Crippen molar-refractivity contribution < 1.29 is 44.0 Å². The summed E-state index contributed by atoms with van der Waals surface area (Å²) in [6.45, 7) is -0.682. The second-order valence-corrected chi connectivity index (χ2v) is 8.83. The first-order valence-electron chi connectivity index (χ1n) is 9.38. The maximum absolute atomic E-state index is 10.9. The summed E-state index contributed by atoms with van der Waals surface area (Å²) in [4.78, 5) is 30.1. The third kappa shape index (κ3) is 4.88. The van der Waals surface area contributed by atoms with Crippen molar-refractivity contribution in [3.05, 3.63) is 35.4 Å². The SMILES string of the molecule is O=P(O)(O)OC[C@H]1O[C@@H](n2cnc3c(NCc4c(O)cc(Cl)cc4O)ncnc32)[C@H](O)[C@@H]1O. The number of phosphoric ester groups is 1. The number of hydrogen-bond acceptors (Lipinski definition) is 11. The van der Waals surface area contributed by atoms with Gasteiger partial charge < -0.3 is 40.3 Å². The van der Waals surface area contributed by atoms with E-state index in [9.17, 15) is 25.0 Å². The molecule has 0 aliphatic carbocycles. The number of anilines is 1. The fourth-order valence-electron chi connectivity index (χ4n) is 3.40. The summed E-state index contributed by atoms with van der Waals surface area (Å²) in [6.07, 6.45) is -2.87. The number of phenolic OH excluding ortho intramolecular Hbond substituents is 2. The molecule has 0 radical (unpaired) electrons. The summed E-state index contributed by atoms with van der Waals surface area (Å²) in [5, 5.41) is 43.7. The third-order valence-corrected chi connectivity index (χ3v) is 5.68. The minimum absolute atomic E-state index is 0.0309. The monoisotopic (exact) mass is 503 g/mol. The van der Waals surface area contributed by atoms with Crippen LogP contribution in [0.4, 0.5) is 5.82 Å². The number of halogens is 1. The Bertz CT molecular complexity index is 1200. The predicted octanol–water partition coefficient (Wildman–Crippen LogP) is 0.231. The summed E-state index contributed by atoms with van der Waals surface area (Å²) < 4.78 is 22.1. The summed E-state index contributed by atoms with van der Waals surface area (Å²) in [7, 11) is -4.80. The lowest BCUT2D eigenvalue weighted by atomic mass is 10.1. The number of phosphoric acid groups is 1. The number of imidazole rings is 1. The molecule has 16 heteroatoms. The van der Waals surface area contributed by atoms with E-state index in [2.05, 4.69) is 24.8 Å². The van der Waals surface area contributed by atoms with E-state index >= 15 is 0 Å². The molecule has 178 valence electrons. The Morgan fingerprint density at radius 2 is 1.85 bits per heavy atom. The second-order valence-electron chi connectivity index (χ2n) is 7.16. The highest BCUT2D eigenvalue weighted by molar-refractivity contribution is 7.46. The van der Waals surface area contributed by atoms with Crippen LogP contribution in [0.3, 0.4) is 0 Å². The van der Waals surface area contributed by atoms with Crippen LogP contribution < -0.4 is 5.32 Å². The fourth-order valence-corrected chi connectivity index (χ4v) is 3.94. The van der Waals surface area contributed by atoms with E-state index < -0.39 is 39.0 Å². The molecule has 1 fully saturated rings. The van der Waals surface area contributed by atoms with Crippen molar-refractivity contribution in [1.29, 1.82) is 0 Å². The minimum atomic E-state index is -4.80. The normalized spacial score (nSPS) is 23.3. The summed E-state index contributed by atoms with van der Waals surface area (Å²) >= 11 is 5.79. The van der Waals surface area contributed by atoms with Crippen LogP contribution in [0.25, 0.3) is 11.2 Å². The summed E-state index contributed by atoms with van der Waals surface area (Å²) in [5.74, 6) is -0.200. The van der Waals surface area contributed by atoms with E-state index in [-0.39, 0.29) is 45.6 Å². The molecular formula is C17H19ClN5O9P. The first kappa shape index (κ1) is 23.6. The fraction of sp³-hybridized carbons (Fsp3) is 0.353. The molecule has 4 atom stereocenters. The quantitative estimate of drug-likeness (QED) is 0.215. The van der Waals surface area contributed by atoms with Gasteiger partial charge in [-0.1, -0.05) is 11.6 Å². The van der Waals surface area contributed by atoms with Crippen molar-refractivity contribution in [2.75, 3.05) is 11.9 Å². The molecule has 0 spiro atoms. The van der Waals surface area contributed by atoms with Gasteiger partial charge in [0, 0.05) is 11.6 Å². The van der Waals surface area contributed by atoms with Crippen LogP contribution in [0.15, 0.2) is 24.8 Å². The van der Waals surface area contributed by atoms with Crippen molar-refractivity contribution in [3.63, 3.8) is 0 Å². The smallest absolute Gasteiger partial charge is 0.469 e. The number of aromatic nitrogens is 4. The Kier molecular flexibility index (Phi) is 6.44. The van der Waals surface area contributed by atoms with Crippen LogP contribution >= 0.6 is 19.4 Å². The molecule has 1 saturated heterocycles. The van der Waals surface area contributed by atoms with Gasteiger partial charge in [0.25, 0.3) is 0 Å². The van der Waals surface area contributed by atoms with E-state index in [0.717, 1.165) is 0 Å². The molecule has 7 N–H and O–H groups in total. The maximum atomic E-state index is 10.9. The number of benzene rings is 1. The number of hydrogen-bond donors (Lipinski definition) is 7. The zero-order valence-corrected chi connectivity index (χ0v) is 18.2. The van der Waals surface area contributed by atoms with Crippen molar-refractivity contribution in [2.45, 2.75) is 31.1 Å². The molecule has 0 saturated carbocycles. The van der Waals surface area contributed by atoms with Crippen molar-refractivity contribution >= 4 is 36.4 Å². The Morgan fingerprint density at radius 3 is 2.52 bits per heavy atom. The number of aliphatic hydroxyl groups is 2. The molecule has 0 amide bonds. The highest BCUT2D eigenvalue weighted by Crippen LogP contribution is 2.39. The van der Waals surface area contributed by atoms with Gasteiger partial charge in [0.05, 0.1) is 18.5 Å². The standard InChI is InChI=1S/C17H19ClN5O9P/c18-7-1-9(24)8(10(25)2-7)3-19-15-12-16(21-5-20-15)23(6-22-12)17-14(27)13(26)11(32-17)4-31-33(28,29)30/h1-2,5-6,11,13-14,17,24-27H,3-4H2,(H,19,20,21)(H2,28,29,30)/t11-,13-,14-,17-/m1/s1. The van der Waals surface area contributed by atoms with Crippen LogP contribution in [0.2, 0.25) is 5.02 Å². The van der Waals surface area contributed by atoms with Crippen LogP contribution in [-0.2, 0) is 20.4 Å². The second kappa shape index (κ2) is 9.00. The first-order chi connectivity index (χ1) is 15.5. The lowest BCUT2D eigenvalue weighted by molar-refractivity contribution is -0.0504. The van der Waals surface area contributed by atoms with Crippen molar-refractivity contribution in [1.82, 2.24) is 19.5 Å². The molecule has 1 aliphatic heterocycles. The predicted molar refractivity (Wildman–Crippen MR) is 111 cm³/mol. The number of ether oxygens (including phenoxy) is 1. The zero-order valence-electron chi connectivity index (χ0n) is 16.6. The Morgan fingerprint density at radius 1 is 1.15 bits per heavy atom. The molecule has 0 unspecified atom stereocenters. The minimum Gasteiger partial charge on any atom is -0.507 e. The molecule has 1 aromatic carbocycles. The van der Waals surface area contributed by atoms with Crippen molar-refractivity contribution in [3.8, 4) is 11.5 Å². The largest absolute Gasteiger partial charge is 0.507 e. The number of fused-ring (bicyclic) bond motifs is 1. The molecule has 3 aromatic rings. The lowest BCUT2D eigenvalue weighted by Gasteiger charge is -2.16. The number of aliphatic hydroxyl groups excluding tert-OH is 2. The number of phenols is 2. The van der Waals surface area contributed by atoms with Gasteiger partial charge in [0.1, 0.15) is 36.1 Å². The topological polar surface area (TPSA) is 213 Å². The van der Waals surface area contributed by atoms with Crippen LogP contribution in [-0.4, -0.2) is 74.7 Å². The lowest BCUT2D eigenvalue weighted by Crippen LogP contribution is -2.33. The summed E-state index contributed by atoms with van der Waals surface area (Å²) in [6, 6.07) is 2.55. The van der Waals surface area contributed by atoms with E-state index in [1.807, 2.05) is 0 Å². The van der Waals surface area contributed by atoms with E-state index in [0.29, 0.717) is 0 Å². The number of nitrogens with zero attached hydrogens (tertiary/aromatic N) is 4. The molecule has 3 heterocycles. The first-order valence-corrected chi connectivity index (χ1v) is 11.3. The van der Waals surface area contributed by atoms with Crippen molar-refractivity contribution in [2.24, 2.45) is 0 Å². The van der Waals surface area contributed by atoms with Gasteiger partial charge in [-0.05, 0) is 12.1 Å². The van der Waals surface area contributed by atoms with Gasteiger partial charge in [-0.2, -0.15) is 0 Å². The average Bonchev–Trinajstić information content (AvgIpc) is 3.27. The highest BCUT2D eigenvalue weighted by Gasteiger charge is 2.45. The van der Waals surface area contributed by atoms with E-state index in [1.165, 1.54) is 29.4 Å². The Balaban J connectivity index is 1.56. The third-order valence-electron chi connectivity index (χ3n) is 4.98. The number of nitrogens with one attached hydrogen (secondary N) is 1. The van der Waals surface area contributed by atoms with Crippen LogP contribution in [0.5, 0.6) is 11.5 Å². The zero-order chi connectivity index (χ0) is 23.9. The molecule has 0 bridgehead atoms. The Hall–Kier alpha value is -2.55. The van der Waals surface area contributed by atoms with E-state index in [1.54, 1.807) is 0 Å². The van der Waals surface area contributed by atoms with E-state index in [4.69, 9.17) is 26.1 Å². The molecule has 33 heavy (non-hydrogen) atoms. The summed E-state index contributed by atoms with van der Waals surface area (Å²) in [5.41, 5.74) is 0.645. The Labute approximate surface area is 190 Å². The van der Waals surface area contributed by atoms with Gasteiger partial charge in [0.2, 0.25) is 0 Å². The molecule has 1 aliphatic rings. The number of rotatable bonds is 7. The average molecular weight is 504 g/mol. The van der Waals surface area contributed by atoms with Gasteiger partial charge in [-0.25, -0.2) is 19.5 Å². The van der Waals surface area contributed by atoms with Gasteiger partial charge in [0.15, 0.2) is 23.2 Å². The van der Waals surface area contributed by atoms with Gasteiger partial charge in [-0.15, -0.1) is 0 Å². The van der Waals surface area contributed by atoms with Gasteiger partial charge >= 0.3 is 7.82 Å².